The van der Waals surface area contributed by atoms with Gasteiger partial charge >= 0.3 is 5.97 Å². The van der Waals surface area contributed by atoms with Crippen LogP contribution in [0.2, 0.25) is 0 Å². The number of fused-ring (bicyclic) bond motifs is 1. The molecule has 0 fully saturated rings. The van der Waals surface area contributed by atoms with E-state index < -0.39 is 0 Å². The van der Waals surface area contributed by atoms with E-state index in [1.807, 2.05) is 43.3 Å². The van der Waals surface area contributed by atoms with Gasteiger partial charge in [-0.15, -0.1) is 0 Å². The van der Waals surface area contributed by atoms with Crippen molar-refractivity contribution >= 4 is 43.7 Å². The number of nitrogens with one attached hydrogen (secondary N) is 1. The van der Waals surface area contributed by atoms with Crippen LogP contribution in [-0.4, -0.2) is 19.0 Å². The van der Waals surface area contributed by atoms with Crippen LogP contribution in [0.15, 0.2) is 45.3 Å². The molecule has 120 valence electrons. The molecule has 1 aliphatic rings. The smallest absolute Gasteiger partial charge is 0.339 e. The number of carbonyl (C=O) groups excluding carboxylic acids is 2. The van der Waals surface area contributed by atoms with Crippen LogP contribution in [0.1, 0.15) is 31.8 Å². The summed E-state index contributed by atoms with van der Waals surface area (Å²) in [5.41, 5.74) is 3.37. The fourth-order valence-electron chi connectivity index (χ4n) is 2.23. The molecular weight excluding hydrogens is 426 g/mol. The van der Waals surface area contributed by atoms with E-state index in [1.165, 1.54) is 7.11 Å². The maximum absolute atomic E-state index is 11.2. The van der Waals surface area contributed by atoms with Gasteiger partial charge in [-0.3, -0.25) is 4.79 Å². The van der Waals surface area contributed by atoms with E-state index in [0.717, 1.165) is 25.6 Å². The molecule has 0 spiro atoms. The highest BCUT2D eigenvalue weighted by atomic mass is 79.9. The van der Waals surface area contributed by atoms with E-state index in [-0.39, 0.29) is 11.9 Å². The summed E-state index contributed by atoms with van der Waals surface area (Å²) in [5, 5.41) is 2.76. The number of aryl methyl sites for hydroxylation is 1. The Bertz CT molecular complexity index is 739. The van der Waals surface area contributed by atoms with Gasteiger partial charge < -0.3 is 10.1 Å². The number of amides is 1. The summed E-state index contributed by atoms with van der Waals surface area (Å²) >= 11 is 6.61. The molecule has 0 bridgehead atoms. The zero-order chi connectivity index (χ0) is 17.0. The van der Waals surface area contributed by atoms with Gasteiger partial charge in [0.15, 0.2) is 0 Å². The Morgan fingerprint density at radius 2 is 1.78 bits per heavy atom. The van der Waals surface area contributed by atoms with Gasteiger partial charge in [-0.05, 0) is 62.0 Å². The summed E-state index contributed by atoms with van der Waals surface area (Å²) in [6, 6.07) is 11.3. The number of hydrogen-bond acceptors (Lipinski definition) is 3. The maximum atomic E-state index is 11.2. The SMILES string of the molecule is COC(=O)c1c(C)cccc1Br.O=C1NCc2cccc(Br)c21. The molecular formula is C17H15Br2NO3. The molecule has 0 radical (unpaired) electrons. The molecule has 0 unspecified atom stereocenters. The maximum Gasteiger partial charge on any atom is 0.339 e. The van der Waals surface area contributed by atoms with Gasteiger partial charge in [-0.25, -0.2) is 4.79 Å². The predicted molar refractivity (Wildman–Crippen MR) is 95.5 cm³/mol. The van der Waals surface area contributed by atoms with E-state index in [9.17, 15) is 9.59 Å². The Kier molecular flexibility index (Phi) is 5.96. The molecule has 3 rings (SSSR count). The monoisotopic (exact) mass is 439 g/mol. The third-order valence-electron chi connectivity index (χ3n) is 3.38. The van der Waals surface area contributed by atoms with Crippen molar-refractivity contribution < 1.29 is 14.3 Å². The first kappa shape index (κ1) is 17.7. The number of rotatable bonds is 1. The van der Waals surface area contributed by atoms with Gasteiger partial charge in [0.1, 0.15) is 0 Å². The zero-order valence-electron chi connectivity index (χ0n) is 12.7. The highest BCUT2D eigenvalue weighted by molar-refractivity contribution is 9.10. The highest BCUT2D eigenvalue weighted by Gasteiger charge is 2.20. The molecule has 1 aliphatic heterocycles. The van der Waals surface area contributed by atoms with Crippen molar-refractivity contribution in [2.75, 3.05) is 7.11 Å². The Balaban J connectivity index is 0.000000167. The van der Waals surface area contributed by atoms with Crippen molar-refractivity contribution in [3.63, 3.8) is 0 Å². The zero-order valence-corrected chi connectivity index (χ0v) is 15.8. The average molecular weight is 441 g/mol. The van der Waals surface area contributed by atoms with Crippen molar-refractivity contribution in [2.24, 2.45) is 0 Å². The van der Waals surface area contributed by atoms with Crippen molar-refractivity contribution in [2.45, 2.75) is 13.5 Å². The second kappa shape index (κ2) is 7.75. The lowest BCUT2D eigenvalue weighted by Crippen LogP contribution is -2.12. The highest BCUT2D eigenvalue weighted by Crippen LogP contribution is 2.24. The van der Waals surface area contributed by atoms with Gasteiger partial charge in [0.2, 0.25) is 0 Å². The Morgan fingerprint density at radius 3 is 2.39 bits per heavy atom. The number of esters is 1. The standard InChI is InChI=1S/C9H9BrO2.C8H6BrNO/c1-6-4-3-5-7(10)8(6)9(11)12-2;9-6-3-1-2-5-4-10-8(11)7(5)6/h3-5H,1-2H3;1-3H,4H2,(H,10,11). The van der Waals surface area contributed by atoms with Crippen LogP contribution < -0.4 is 5.32 Å². The first-order valence-corrected chi connectivity index (χ1v) is 8.43. The lowest BCUT2D eigenvalue weighted by molar-refractivity contribution is 0.0598. The van der Waals surface area contributed by atoms with Gasteiger partial charge in [0.25, 0.3) is 5.91 Å². The molecule has 1 amide bonds. The van der Waals surface area contributed by atoms with Crippen LogP contribution >= 0.6 is 31.9 Å². The molecule has 0 aromatic heterocycles. The number of hydrogen-bond donors (Lipinski definition) is 1. The summed E-state index contributed by atoms with van der Waals surface area (Å²) in [6.45, 7) is 2.53. The van der Waals surface area contributed by atoms with E-state index in [2.05, 4.69) is 41.9 Å². The molecule has 0 saturated carbocycles. The van der Waals surface area contributed by atoms with Crippen LogP contribution in [0, 0.1) is 6.92 Å². The minimum absolute atomic E-state index is 0.0208. The van der Waals surface area contributed by atoms with Crippen LogP contribution in [0.3, 0.4) is 0 Å². The number of carbonyl (C=O) groups is 2. The van der Waals surface area contributed by atoms with E-state index in [4.69, 9.17) is 0 Å². The second-order valence-corrected chi connectivity index (χ2v) is 6.59. The summed E-state index contributed by atoms with van der Waals surface area (Å²) in [5.74, 6) is -0.285. The van der Waals surface area contributed by atoms with Gasteiger partial charge in [0, 0.05) is 15.5 Å². The van der Waals surface area contributed by atoms with Gasteiger partial charge in [0.05, 0.1) is 18.2 Å². The second-order valence-electron chi connectivity index (χ2n) is 4.88. The molecule has 1 heterocycles. The number of benzene rings is 2. The number of ether oxygens (including phenoxy) is 1. The van der Waals surface area contributed by atoms with E-state index >= 15 is 0 Å². The molecule has 0 aliphatic carbocycles. The minimum Gasteiger partial charge on any atom is -0.465 e. The van der Waals surface area contributed by atoms with Crippen molar-refractivity contribution in [1.82, 2.24) is 5.32 Å². The molecule has 23 heavy (non-hydrogen) atoms. The largest absolute Gasteiger partial charge is 0.465 e. The summed E-state index contributed by atoms with van der Waals surface area (Å²) in [7, 11) is 1.38. The normalized spacial score (nSPS) is 11.9. The third kappa shape index (κ3) is 4.00. The van der Waals surface area contributed by atoms with Crippen LogP contribution in [0.25, 0.3) is 0 Å². The van der Waals surface area contributed by atoms with Crippen molar-refractivity contribution in [3.05, 3.63) is 67.6 Å². The van der Waals surface area contributed by atoms with E-state index in [0.29, 0.717) is 12.1 Å². The lowest BCUT2D eigenvalue weighted by atomic mass is 10.1. The Hall–Kier alpha value is -1.66. The molecule has 0 saturated heterocycles. The fourth-order valence-corrected chi connectivity index (χ4v) is 3.44. The van der Waals surface area contributed by atoms with Crippen molar-refractivity contribution in [1.29, 1.82) is 0 Å². The predicted octanol–water partition coefficient (Wildman–Crippen LogP) is 4.24. The molecule has 2 aromatic carbocycles. The summed E-state index contributed by atoms with van der Waals surface area (Å²) in [4.78, 5) is 22.3. The fraction of sp³-hybridized carbons (Fsp3) is 0.176. The van der Waals surface area contributed by atoms with Crippen LogP contribution in [-0.2, 0) is 11.3 Å². The molecule has 4 nitrogen and oxygen atoms in total. The Morgan fingerprint density at radius 1 is 1.13 bits per heavy atom. The van der Waals surface area contributed by atoms with Crippen molar-refractivity contribution in [3.8, 4) is 0 Å². The molecule has 0 atom stereocenters. The molecule has 2 aromatic rings. The average Bonchev–Trinajstić information content (AvgIpc) is 2.90. The van der Waals surface area contributed by atoms with Crippen LogP contribution in [0.5, 0.6) is 0 Å². The Labute approximate surface area is 151 Å². The topological polar surface area (TPSA) is 55.4 Å². The third-order valence-corrected chi connectivity index (χ3v) is 4.70. The summed E-state index contributed by atoms with van der Waals surface area (Å²) in [6.07, 6.45) is 0. The van der Waals surface area contributed by atoms with Crippen LogP contribution in [0.4, 0.5) is 0 Å². The first-order valence-electron chi connectivity index (χ1n) is 6.84. The first-order chi connectivity index (χ1) is 11.0. The minimum atomic E-state index is -0.306. The summed E-state index contributed by atoms with van der Waals surface area (Å²) < 4.78 is 6.28. The number of methoxy groups -OCH3 is 1. The number of halogens is 2. The van der Waals surface area contributed by atoms with E-state index in [1.54, 1.807) is 0 Å². The quantitative estimate of drug-likeness (QED) is 0.675. The lowest BCUT2D eigenvalue weighted by Gasteiger charge is -2.04. The van der Waals surface area contributed by atoms with Gasteiger partial charge in [-0.2, -0.15) is 0 Å². The molecule has 6 heteroatoms. The van der Waals surface area contributed by atoms with Gasteiger partial charge in [-0.1, -0.05) is 24.3 Å². The molecule has 1 N–H and O–H groups in total.